The summed E-state index contributed by atoms with van der Waals surface area (Å²) in [4.78, 5) is 29.1. The van der Waals surface area contributed by atoms with Crippen molar-refractivity contribution in [1.82, 2.24) is 14.9 Å². The quantitative estimate of drug-likeness (QED) is 0.720. The molecule has 1 atom stereocenters. The maximum Gasteiger partial charge on any atom is 0.346 e. The Morgan fingerprint density at radius 3 is 2.61 bits per heavy atom. The highest BCUT2D eigenvalue weighted by molar-refractivity contribution is 5.93. The molecule has 9 nitrogen and oxygen atoms in total. The van der Waals surface area contributed by atoms with Gasteiger partial charge in [0, 0.05) is 37.1 Å². The number of aromatic nitrogens is 2. The first-order chi connectivity index (χ1) is 13.2. The average molecular weight is 393 g/mol. The summed E-state index contributed by atoms with van der Waals surface area (Å²) >= 11 is 0. The molecule has 1 aromatic heterocycles. The van der Waals surface area contributed by atoms with Crippen LogP contribution in [0.5, 0.6) is 0 Å². The van der Waals surface area contributed by atoms with E-state index >= 15 is 0 Å². The standard InChI is InChI=1S/C18H24FN5O4/c1-11(10-25)20-18(26)17-12(2)23(27)16-9-14(13(19)8-15(16)24(17)28)22-6-4-21(3)5-7-22/h8-9,11,25H,4-7,10H2,1-3H3,(H,20,26). The second-order valence-electron chi connectivity index (χ2n) is 7.16. The molecule has 0 radical (unpaired) electrons. The number of nitrogens with one attached hydrogen (secondary N) is 1. The van der Waals surface area contributed by atoms with Gasteiger partial charge < -0.3 is 30.2 Å². The van der Waals surface area contributed by atoms with Gasteiger partial charge in [-0.15, -0.1) is 0 Å². The number of nitrogens with zero attached hydrogens (tertiary/aromatic N) is 4. The number of fused-ring (bicyclic) bond motifs is 1. The number of halogens is 1. The van der Waals surface area contributed by atoms with Crippen molar-refractivity contribution >= 4 is 22.6 Å². The van der Waals surface area contributed by atoms with Crippen LogP contribution in [0.15, 0.2) is 12.1 Å². The third-order valence-corrected chi connectivity index (χ3v) is 5.04. The number of aliphatic hydroxyl groups excluding tert-OH is 1. The van der Waals surface area contributed by atoms with Gasteiger partial charge in [0.25, 0.3) is 5.52 Å². The van der Waals surface area contributed by atoms with Crippen molar-refractivity contribution in [3.63, 3.8) is 0 Å². The van der Waals surface area contributed by atoms with Crippen LogP contribution in [0.2, 0.25) is 0 Å². The first kappa shape index (κ1) is 20.0. The van der Waals surface area contributed by atoms with Crippen LogP contribution in [0.3, 0.4) is 0 Å². The van der Waals surface area contributed by atoms with Crippen molar-refractivity contribution in [2.45, 2.75) is 19.9 Å². The van der Waals surface area contributed by atoms with E-state index in [4.69, 9.17) is 5.11 Å². The fourth-order valence-corrected chi connectivity index (χ4v) is 3.29. The number of anilines is 1. The topological polar surface area (TPSA) is 107 Å². The third-order valence-electron chi connectivity index (χ3n) is 5.04. The predicted molar refractivity (Wildman–Crippen MR) is 102 cm³/mol. The zero-order valence-corrected chi connectivity index (χ0v) is 16.1. The predicted octanol–water partition coefficient (Wildman–Crippen LogP) is 0.212. The molecule has 0 bridgehead atoms. The van der Waals surface area contributed by atoms with E-state index < -0.39 is 23.5 Å². The van der Waals surface area contributed by atoms with Gasteiger partial charge in [0.05, 0.1) is 28.5 Å². The van der Waals surface area contributed by atoms with Crippen LogP contribution in [-0.4, -0.2) is 66.5 Å². The van der Waals surface area contributed by atoms with E-state index in [9.17, 15) is 19.3 Å². The van der Waals surface area contributed by atoms with Crippen molar-refractivity contribution in [3.8, 4) is 0 Å². The largest absolute Gasteiger partial charge is 0.805 e. The molecule has 1 unspecified atom stereocenters. The SMILES string of the molecule is Cc1c(C(=O)NC(C)CO)[n+](=O)c2cc(F)c(N3CCN(C)CC3)cc2n1[O-]. The monoisotopic (exact) mass is 393 g/mol. The van der Waals surface area contributed by atoms with Gasteiger partial charge in [-0.05, 0) is 27.0 Å². The lowest BCUT2D eigenvalue weighted by Crippen LogP contribution is -2.45. The lowest BCUT2D eigenvalue weighted by atomic mass is 10.2. The molecule has 3 rings (SSSR count). The van der Waals surface area contributed by atoms with E-state index in [-0.39, 0.29) is 33.4 Å². The van der Waals surface area contributed by atoms with Gasteiger partial charge in [0.15, 0.2) is 5.82 Å². The molecular formula is C18H24FN5O4. The summed E-state index contributed by atoms with van der Waals surface area (Å²) in [6.45, 7) is 5.32. The molecule has 2 N–H and O–H groups in total. The summed E-state index contributed by atoms with van der Waals surface area (Å²) in [5.74, 6) is -1.43. The average Bonchev–Trinajstić information content (AvgIpc) is 2.66. The van der Waals surface area contributed by atoms with E-state index in [2.05, 4.69) is 10.2 Å². The Hall–Kier alpha value is -2.72. The second kappa shape index (κ2) is 7.72. The van der Waals surface area contributed by atoms with Crippen molar-refractivity contribution in [2.24, 2.45) is 0 Å². The van der Waals surface area contributed by atoms with Gasteiger partial charge in [-0.25, -0.2) is 4.39 Å². The normalized spacial score (nSPS) is 16.4. The van der Waals surface area contributed by atoms with Crippen LogP contribution in [0.1, 0.15) is 23.1 Å². The summed E-state index contributed by atoms with van der Waals surface area (Å²) in [6.07, 6.45) is 0. The van der Waals surface area contributed by atoms with Gasteiger partial charge >= 0.3 is 11.6 Å². The minimum absolute atomic E-state index is 0.00501. The fraction of sp³-hybridized carbons (Fsp3) is 0.500. The number of piperazine rings is 1. The third kappa shape index (κ3) is 3.52. The first-order valence-corrected chi connectivity index (χ1v) is 9.08. The Balaban J connectivity index is 2.11. The molecule has 1 aliphatic heterocycles. The molecular weight excluding hydrogens is 369 g/mol. The number of carbonyl (C=O) groups excluding carboxylic acids is 1. The highest BCUT2D eigenvalue weighted by atomic mass is 19.1. The molecule has 1 fully saturated rings. The van der Waals surface area contributed by atoms with Crippen LogP contribution in [0.4, 0.5) is 10.1 Å². The Kier molecular flexibility index (Phi) is 5.52. The van der Waals surface area contributed by atoms with Crippen LogP contribution >= 0.6 is 0 Å². The van der Waals surface area contributed by atoms with E-state index in [1.54, 1.807) is 6.92 Å². The lowest BCUT2D eigenvalue weighted by Gasteiger charge is -2.34. The Morgan fingerprint density at radius 1 is 1.36 bits per heavy atom. The molecule has 0 aliphatic carbocycles. The summed E-state index contributed by atoms with van der Waals surface area (Å²) in [6, 6.07) is 1.76. The van der Waals surface area contributed by atoms with Gasteiger partial charge in [-0.2, -0.15) is 0 Å². The first-order valence-electron chi connectivity index (χ1n) is 9.08. The molecule has 1 saturated heterocycles. The van der Waals surface area contributed by atoms with Gasteiger partial charge in [0.2, 0.25) is 0 Å². The van der Waals surface area contributed by atoms with Gasteiger partial charge in [0.1, 0.15) is 5.52 Å². The van der Waals surface area contributed by atoms with Crippen LogP contribution in [0, 0.1) is 22.9 Å². The van der Waals surface area contributed by atoms with Crippen LogP contribution in [-0.2, 0) is 0 Å². The molecule has 152 valence electrons. The number of hydrogen-bond acceptors (Lipinski definition) is 6. The number of likely N-dealkylation sites (N-methyl/N-ethyl adjacent to an activating group) is 1. The molecule has 28 heavy (non-hydrogen) atoms. The molecule has 1 aromatic carbocycles. The summed E-state index contributed by atoms with van der Waals surface area (Å²) in [7, 11) is 1.98. The zero-order chi connectivity index (χ0) is 20.6. The van der Waals surface area contributed by atoms with Crippen molar-refractivity contribution in [2.75, 3.05) is 44.7 Å². The molecule has 0 spiro atoms. The van der Waals surface area contributed by atoms with Crippen molar-refractivity contribution in [1.29, 1.82) is 0 Å². The molecule has 2 aromatic rings. The number of rotatable bonds is 4. The summed E-state index contributed by atoms with van der Waals surface area (Å²) < 4.78 is 15.5. The zero-order valence-electron chi connectivity index (χ0n) is 16.1. The van der Waals surface area contributed by atoms with Crippen LogP contribution < -0.4 is 14.6 Å². The summed E-state index contributed by atoms with van der Waals surface area (Å²) in [5, 5.41) is 24.3. The maximum atomic E-state index is 14.8. The number of carbonyl (C=O) groups is 1. The van der Waals surface area contributed by atoms with E-state index in [0.29, 0.717) is 17.8 Å². The number of amides is 1. The van der Waals surface area contributed by atoms with Gasteiger partial charge in [-0.3, -0.25) is 4.79 Å². The van der Waals surface area contributed by atoms with Crippen LogP contribution in [0.25, 0.3) is 11.0 Å². The Bertz CT molecular complexity index is 969. The number of benzene rings is 1. The Morgan fingerprint density at radius 2 is 2.00 bits per heavy atom. The van der Waals surface area contributed by atoms with Gasteiger partial charge in [-0.1, -0.05) is 0 Å². The molecule has 0 saturated carbocycles. The molecule has 1 aliphatic rings. The lowest BCUT2D eigenvalue weighted by molar-refractivity contribution is -0.468. The van der Waals surface area contributed by atoms with E-state index in [1.807, 2.05) is 11.9 Å². The molecule has 1 amide bonds. The second-order valence-corrected chi connectivity index (χ2v) is 7.16. The minimum atomic E-state index is -0.802. The maximum absolute atomic E-state index is 14.8. The number of hydrogen-bond donors (Lipinski definition) is 2. The summed E-state index contributed by atoms with van der Waals surface area (Å²) in [5.41, 5.74) is -0.487. The number of aliphatic hydroxyl groups is 1. The molecule has 10 heteroatoms. The fourth-order valence-electron chi connectivity index (χ4n) is 3.29. The van der Waals surface area contributed by atoms with E-state index in [1.165, 1.54) is 13.0 Å². The van der Waals surface area contributed by atoms with E-state index in [0.717, 1.165) is 19.2 Å². The minimum Gasteiger partial charge on any atom is -0.805 e. The highest BCUT2D eigenvalue weighted by Crippen LogP contribution is 2.26. The Labute approximate surface area is 161 Å². The highest BCUT2D eigenvalue weighted by Gasteiger charge is 2.29. The molecule has 2 heterocycles. The van der Waals surface area contributed by atoms with Crippen molar-refractivity contribution < 1.29 is 18.7 Å². The smallest absolute Gasteiger partial charge is 0.346 e. The van der Waals surface area contributed by atoms with Crippen molar-refractivity contribution in [3.05, 3.63) is 39.5 Å².